The maximum absolute atomic E-state index is 10.7. The van der Waals surface area contributed by atoms with Crippen LogP contribution < -0.4 is 0 Å². The second-order valence-electron chi connectivity index (χ2n) is 2.44. The van der Waals surface area contributed by atoms with Gasteiger partial charge in [0.1, 0.15) is 0 Å². The minimum absolute atomic E-state index is 0.0858. The smallest absolute Gasteiger partial charge is 0.337 e. The van der Waals surface area contributed by atoms with Gasteiger partial charge in [-0.1, -0.05) is 11.6 Å². The lowest BCUT2D eigenvalue weighted by Crippen LogP contribution is -1.96. The number of rotatable bonds is 3. The van der Waals surface area contributed by atoms with E-state index in [-0.39, 0.29) is 11.3 Å². The van der Waals surface area contributed by atoms with Gasteiger partial charge >= 0.3 is 5.97 Å². The molecule has 1 aromatic carbocycles. The van der Waals surface area contributed by atoms with Gasteiger partial charge in [-0.05, 0) is 18.2 Å². The van der Waals surface area contributed by atoms with Gasteiger partial charge in [0.25, 0.3) is 0 Å². The summed E-state index contributed by atoms with van der Waals surface area (Å²) >= 11 is 5.69. The van der Waals surface area contributed by atoms with Crippen molar-refractivity contribution in [1.29, 1.82) is 0 Å². The van der Waals surface area contributed by atoms with Gasteiger partial charge in [-0.3, -0.25) is 0 Å². The highest BCUT2D eigenvalue weighted by Crippen LogP contribution is 2.23. The molecule has 14 heavy (non-hydrogen) atoms. The fourth-order valence-corrected chi connectivity index (χ4v) is 1.07. The molecule has 0 heterocycles. The number of methoxy groups -OCH3 is 1. The number of carboxylic acids is 1. The first-order valence-corrected chi connectivity index (χ1v) is 4.11. The highest BCUT2D eigenvalue weighted by molar-refractivity contribution is 6.31. The molecule has 0 aliphatic carbocycles. The van der Waals surface area contributed by atoms with Gasteiger partial charge in [0, 0.05) is 5.02 Å². The Kier molecular flexibility index (Phi) is 3.48. The Morgan fingerprint density at radius 2 is 2.36 bits per heavy atom. The van der Waals surface area contributed by atoms with Gasteiger partial charge < -0.3 is 9.84 Å². The summed E-state index contributed by atoms with van der Waals surface area (Å²) < 4.78 is 4.59. The predicted molar refractivity (Wildman–Crippen MR) is 53.6 cm³/mol. The molecule has 5 heteroatoms. The molecule has 1 N–H and O–H groups in total. The third kappa shape index (κ3) is 2.47. The van der Waals surface area contributed by atoms with E-state index in [1.54, 1.807) is 0 Å². The topological polar surface area (TPSA) is 58.9 Å². The summed E-state index contributed by atoms with van der Waals surface area (Å²) in [5.74, 6) is -1.05. The van der Waals surface area contributed by atoms with Crippen LogP contribution in [0.5, 0.6) is 0 Å². The van der Waals surface area contributed by atoms with Gasteiger partial charge in [0.15, 0.2) is 6.40 Å². The third-order valence-electron chi connectivity index (χ3n) is 1.49. The molecule has 0 aromatic heterocycles. The number of benzene rings is 1. The molecule has 0 amide bonds. The van der Waals surface area contributed by atoms with Crippen LogP contribution in [-0.2, 0) is 4.74 Å². The van der Waals surface area contributed by atoms with E-state index in [4.69, 9.17) is 16.7 Å². The summed E-state index contributed by atoms with van der Waals surface area (Å²) in [6.45, 7) is 0. The number of ether oxygens (including phenoxy) is 1. The molecule has 0 bridgehead atoms. The number of hydrogen-bond acceptors (Lipinski definition) is 3. The van der Waals surface area contributed by atoms with Crippen molar-refractivity contribution in [3.8, 4) is 0 Å². The average Bonchev–Trinajstić information content (AvgIpc) is 2.14. The van der Waals surface area contributed by atoms with Gasteiger partial charge in [-0.25, -0.2) is 9.79 Å². The van der Waals surface area contributed by atoms with Crippen molar-refractivity contribution < 1.29 is 14.6 Å². The van der Waals surface area contributed by atoms with E-state index in [1.807, 2.05) is 0 Å². The fourth-order valence-electron chi connectivity index (χ4n) is 0.902. The highest BCUT2D eigenvalue weighted by Gasteiger charge is 2.08. The number of hydrogen-bond donors (Lipinski definition) is 1. The number of carbonyl (C=O) groups is 1. The van der Waals surface area contributed by atoms with Crippen LogP contribution in [0.25, 0.3) is 0 Å². The molecule has 0 aliphatic heterocycles. The Bertz CT molecular complexity index is 376. The Hall–Kier alpha value is -1.55. The molecule has 0 saturated carbocycles. The standard InChI is InChI=1S/C9H8ClNO3/c1-14-5-11-8-4-6(10)2-3-7(8)9(12)13/h2-5H,1H3,(H,12,13). The summed E-state index contributed by atoms with van der Waals surface area (Å²) in [5, 5.41) is 9.23. The van der Waals surface area contributed by atoms with Crippen molar-refractivity contribution in [2.24, 2.45) is 4.99 Å². The molecule has 0 aliphatic rings. The van der Waals surface area contributed by atoms with Gasteiger partial charge in [-0.15, -0.1) is 0 Å². The third-order valence-corrected chi connectivity index (χ3v) is 1.72. The fraction of sp³-hybridized carbons (Fsp3) is 0.111. The monoisotopic (exact) mass is 213 g/mol. The van der Waals surface area contributed by atoms with Crippen LogP contribution >= 0.6 is 11.6 Å². The van der Waals surface area contributed by atoms with Gasteiger partial charge in [0.2, 0.25) is 0 Å². The summed E-state index contributed by atoms with van der Waals surface area (Å²) in [5.41, 5.74) is 0.356. The normalized spacial score (nSPS) is 10.4. The van der Waals surface area contributed by atoms with Crippen molar-refractivity contribution in [3.05, 3.63) is 28.8 Å². The molecule has 74 valence electrons. The van der Waals surface area contributed by atoms with E-state index >= 15 is 0 Å². The minimum atomic E-state index is -1.05. The molecular formula is C9H8ClNO3. The lowest BCUT2D eigenvalue weighted by Gasteiger charge is -2.00. The zero-order chi connectivity index (χ0) is 10.6. The highest BCUT2D eigenvalue weighted by atomic mass is 35.5. The molecule has 4 nitrogen and oxygen atoms in total. The maximum Gasteiger partial charge on any atom is 0.337 e. The van der Waals surface area contributed by atoms with Crippen LogP contribution in [0, 0.1) is 0 Å². The molecule has 0 fully saturated rings. The molecule has 0 unspecified atom stereocenters. The zero-order valence-corrected chi connectivity index (χ0v) is 8.15. The van der Waals surface area contributed by atoms with Crippen molar-refractivity contribution >= 4 is 29.7 Å². The predicted octanol–water partition coefficient (Wildman–Crippen LogP) is 2.34. The van der Waals surface area contributed by atoms with E-state index in [9.17, 15) is 4.79 Å². The van der Waals surface area contributed by atoms with E-state index < -0.39 is 5.97 Å². The Labute approximate surface area is 85.8 Å². The summed E-state index contributed by atoms with van der Waals surface area (Å²) in [7, 11) is 1.43. The van der Waals surface area contributed by atoms with Crippen LogP contribution in [0.3, 0.4) is 0 Å². The van der Waals surface area contributed by atoms with Crippen LogP contribution in [0.4, 0.5) is 5.69 Å². The van der Waals surface area contributed by atoms with Crippen LogP contribution in [0.2, 0.25) is 5.02 Å². The maximum atomic E-state index is 10.7. The van der Waals surface area contributed by atoms with E-state index in [0.29, 0.717) is 5.02 Å². The Morgan fingerprint density at radius 3 is 2.93 bits per heavy atom. The second kappa shape index (κ2) is 4.62. The number of aromatic carboxylic acids is 1. The van der Waals surface area contributed by atoms with Gasteiger partial charge in [0.05, 0.1) is 18.4 Å². The van der Waals surface area contributed by atoms with Crippen LogP contribution in [-0.4, -0.2) is 24.6 Å². The van der Waals surface area contributed by atoms with Gasteiger partial charge in [-0.2, -0.15) is 0 Å². The van der Waals surface area contributed by atoms with Crippen LogP contribution in [0.1, 0.15) is 10.4 Å². The van der Waals surface area contributed by atoms with E-state index in [2.05, 4.69) is 9.73 Å². The van der Waals surface area contributed by atoms with E-state index in [1.165, 1.54) is 25.3 Å². The van der Waals surface area contributed by atoms with Crippen molar-refractivity contribution in [1.82, 2.24) is 0 Å². The SMILES string of the molecule is COC=Nc1cc(Cl)ccc1C(=O)O. The van der Waals surface area contributed by atoms with Crippen molar-refractivity contribution in [2.45, 2.75) is 0 Å². The molecule has 0 saturated heterocycles. The number of halogens is 1. The number of nitrogens with zero attached hydrogens (tertiary/aromatic N) is 1. The molecule has 0 radical (unpaired) electrons. The first kappa shape index (κ1) is 10.5. The lowest BCUT2D eigenvalue weighted by molar-refractivity contribution is 0.0698. The zero-order valence-electron chi connectivity index (χ0n) is 7.40. The first-order valence-electron chi connectivity index (χ1n) is 3.73. The van der Waals surface area contributed by atoms with E-state index in [0.717, 1.165) is 6.40 Å². The van der Waals surface area contributed by atoms with Crippen LogP contribution in [0.15, 0.2) is 23.2 Å². The second-order valence-corrected chi connectivity index (χ2v) is 2.87. The Morgan fingerprint density at radius 1 is 1.64 bits per heavy atom. The summed E-state index contributed by atoms with van der Waals surface area (Å²) in [4.78, 5) is 14.5. The quantitative estimate of drug-likeness (QED) is 0.619. The molecule has 1 aromatic rings. The lowest BCUT2D eigenvalue weighted by atomic mass is 10.2. The molecule has 0 atom stereocenters. The average molecular weight is 214 g/mol. The summed E-state index contributed by atoms with van der Waals surface area (Å²) in [6.07, 6.45) is 1.15. The first-order chi connectivity index (χ1) is 6.65. The number of carboxylic acid groups (broad SMARTS) is 1. The van der Waals surface area contributed by atoms with Crippen molar-refractivity contribution in [3.63, 3.8) is 0 Å². The summed E-state index contributed by atoms with van der Waals surface area (Å²) in [6, 6.07) is 4.35. The molecular weight excluding hydrogens is 206 g/mol. The molecule has 1 rings (SSSR count). The van der Waals surface area contributed by atoms with Crippen molar-refractivity contribution in [2.75, 3.05) is 7.11 Å². The Balaban J connectivity index is 3.15. The molecule has 0 spiro atoms. The minimum Gasteiger partial charge on any atom is -0.486 e. The number of aliphatic imine (C=N–C) groups is 1. The largest absolute Gasteiger partial charge is 0.486 e.